The van der Waals surface area contributed by atoms with Crippen LogP contribution in [0.4, 0.5) is 0 Å². The Morgan fingerprint density at radius 3 is 3.08 bits per heavy atom. The molecule has 0 aliphatic carbocycles. The third-order valence-electron chi connectivity index (χ3n) is 2.65. The van der Waals surface area contributed by atoms with Crippen molar-refractivity contribution in [2.24, 2.45) is 5.22 Å². The van der Waals surface area contributed by atoms with E-state index in [-0.39, 0.29) is 11.8 Å². The molecule has 2 rings (SSSR count). The Balaban J connectivity index is 2.05. The molecule has 0 bridgehead atoms. The van der Waals surface area contributed by atoms with Crippen LogP contribution < -0.4 is 0 Å². The quantitative estimate of drug-likeness (QED) is 0.329. The number of fused-ring (bicyclic) bond motifs is 1. The van der Waals surface area contributed by atoms with Crippen LogP contribution in [0.25, 0.3) is 10.4 Å². The molecule has 0 N–H and O–H groups in total. The minimum Gasteiger partial charge on any atom is -0.298 e. The molecule has 2 saturated heterocycles. The molecule has 0 amide bonds. The van der Waals surface area contributed by atoms with Gasteiger partial charge < -0.3 is 0 Å². The Kier molecular flexibility index (Phi) is 2.08. The van der Waals surface area contributed by atoms with Crippen molar-refractivity contribution in [3.05, 3.63) is 10.4 Å². The van der Waals surface area contributed by atoms with Crippen LogP contribution >= 0.6 is 0 Å². The maximum absolute atomic E-state index is 11.4. The second kappa shape index (κ2) is 3.24. The summed E-state index contributed by atoms with van der Waals surface area (Å²) in [6.07, 6.45) is 0.648. The Morgan fingerprint density at radius 2 is 2.31 bits per heavy atom. The lowest BCUT2D eigenvalue weighted by atomic mass is 10.1. The summed E-state index contributed by atoms with van der Waals surface area (Å²) in [5.74, 6) is 0.276. The molecule has 1 atom stereocenters. The van der Waals surface area contributed by atoms with Gasteiger partial charge in [-0.05, 0) is 5.22 Å². The molecular weight excluding hydrogens is 170 g/mol. The number of rotatable bonds is 1. The predicted octanol–water partition coefficient (Wildman–Crippen LogP) is 0.171. The lowest BCUT2D eigenvalue weighted by Gasteiger charge is -2.31. The topological polar surface area (TPSA) is 72.3 Å². The first-order valence-corrected chi connectivity index (χ1v) is 4.38. The molecule has 0 aromatic heterocycles. The molecule has 2 aliphatic heterocycles. The van der Waals surface area contributed by atoms with Gasteiger partial charge in [0.25, 0.3) is 0 Å². The van der Waals surface area contributed by atoms with Crippen LogP contribution in [0.15, 0.2) is 5.22 Å². The molecular formula is C7H11N5O. The van der Waals surface area contributed by atoms with E-state index in [9.17, 15) is 4.79 Å². The molecule has 1 unspecified atom stereocenters. The average molecular weight is 181 g/mol. The van der Waals surface area contributed by atoms with Gasteiger partial charge in [-0.3, -0.25) is 9.69 Å². The molecule has 13 heavy (non-hydrogen) atoms. The Morgan fingerprint density at radius 1 is 1.46 bits per heavy atom. The second-order valence-electron chi connectivity index (χ2n) is 3.36. The molecule has 0 spiro atoms. The number of piperazine rings is 1. The zero-order valence-corrected chi connectivity index (χ0v) is 7.26. The molecule has 70 valence electrons. The van der Waals surface area contributed by atoms with E-state index in [0.717, 1.165) is 19.6 Å². The molecule has 6 heteroatoms. The molecule has 2 heterocycles. The first-order valence-electron chi connectivity index (χ1n) is 4.38. The zero-order chi connectivity index (χ0) is 9.26. The van der Waals surface area contributed by atoms with Gasteiger partial charge in [-0.2, -0.15) is 4.91 Å². The number of carbonyl (C=O) groups excluding carboxylic acids is 1. The van der Waals surface area contributed by atoms with Gasteiger partial charge in [-0.15, -0.1) is 5.53 Å². The number of carbonyl (C=O) groups is 1. The van der Waals surface area contributed by atoms with Crippen molar-refractivity contribution in [2.75, 3.05) is 26.2 Å². The van der Waals surface area contributed by atoms with Crippen LogP contribution in [0.2, 0.25) is 0 Å². The average Bonchev–Trinajstić information content (AvgIpc) is 2.49. The molecule has 0 aromatic carbocycles. The Labute approximate surface area is 75.7 Å². The second-order valence-corrected chi connectivity index (χ2v) is 3.36. The van der Waals surface area contributed by atoms with Crippen LogP contribution in [0.5, 0.6) is 0 Å². The fourth-order valence-electron chi connectivity index (χ4n) is 1.94. The van der Waals surface area contributed by atoms with Crippen LogP contribution in [-0.4, -0.2) is 47.9 Å². The summed E-state index contributed by atoms with van der Waals surface area (Å²) in [6.45, 7) is 2.99. The van der Waals surface area contributed by atoms with E-state index < -0.39 is 0 Å². The van der Waals surface area contributed by atoms with Gasteiger partial charge in [0.15, 0.2) is 5.78 Å². The minimum atomic E-state index is -0.0285. The lowest BCUT2D eigenvalue weighted by molar-refractivity contribution is -0.121. The fourth-order valence-corrected chi connectivity index (χ4v) is 1.94. The van der Waals surface area contributed by atoms with Gasteiger partial charge in [0.1, 0.15) is 19.1 Å². The third-order valence-corrected chi connectivity index (χ3v) is 2.65. The number of ketones is 1. The van der Waals surface area contributed by atoms with Gasteiger partial charge in [-0.1, -0.05) is 0 Å². The summed E-state index contributed by atoms with van der Waals surface area (Å²) in [5, 5.41) is 5.14. The third kappa shape index (κ3) is 1.46. The lowest BCUT2D eigenvalue weighted by Crippen LogP contribution is -2.50. The smallest absolute Gasteiger partial charge is 0.155 e. The van der Waals surface area contributed by atoms with Crippen molar-refractivity contribution >= 4 is 5.78 Å². The highest BCUT2D eigenvalue weighted by atomic mass is 16.1. The van der Waals surface area contributed by atoms with Crippen LogP contribution in [-0.2, 0) is 4.79 Å². The van der Waals surface area contributed by atoms with E-state index in [0.29, 0.717) is 13.0 Å². The highest BCUT2D eigenvalue weighted by Gasteiger charge is 2.38. The van der Waals surface area contributed by atoms with Crippen molar-refractivity contribution in [3.63, 3.8) is 0 Å². The molecule has 0 saturated carbocycles. The monoisotopic (exact) mass is 181 g/mol. The van der Waals surface area contributed by atoms with E-state index in [4.69, 9.17) is 5.53 Å². The van der Waals surface area contributed by atoms with E-state index in [1.54, 1.807) is 5.01 Å². The van der Waals surface area contributed by atoms with E-state index in [1.807, 2.05) is 0 Å². The van der Waals surface area contributed by atoms with E-state index in [2.05, 4.69) is 15.0 Å². The van der Waals surface area contributed by atoms with Crippen LogP contribution in [0.3, 0.4) is 0 Å². The van der Waals surface area contributed by atoms with Crippen molar-refractivity contribution in [1.29, 1.82) is 0 Å². The normalized spacial score (nSPS) is 28.5. The predicted molar refractivity (Wildman–Crippen MR) is 45.7 cm³/mol. The van der Waals surface area contributed by atoms with E-state index >= 15 is 0 Å². The first-order chi connectivity index (χ1) is 6.31. The maximum atomic E-state index is 11.4. The van der Waals surface area contributed by atoms with Gasteiger partial charge >= 0.3 is 0 Å². The fraction of sp³-hybridized carbons (Fsp3) is 0.857. The SMILES string of the molecule is [N-]=[N+]=NN1CCN2CCC(=O)C2C1. The summed E-state index contributed by atoms with van der Waals surface area (Å²) < 4.78 is 0. The largest absolute Gasteiger partial charge is 0.298 e. The summed E-state index contributed by atoms with van der Waals surface area (Å²) in [4.78, 5) is 16.2. The van der Waals surface area contributed by atoms with Gasteiger partial charge in [-0.25, -0.2) is 5.01 Å². The number of Topliss-reactive ketones (excluding diaryl/α,β-unsaturated/α-hetero) is 1. The van der Waals surface area contributed by atoms with E-state index in [1.165, 1.54) is 0 Å². The summed E-state index contributed by atoms with van der Waals surface area (Å²) >= 11 is 0. The Hall–Kier alpha value is -1.26. The van der Waals surface area contributed by atoms with Gasteiger partial charge in [0.05, 0.1) is 0 Å². The number of hydrogen-bond donors (Lipinski definition) is 0. The molecule has 0 radical (unpaired) electrons. The number of azide groups is 1. The summed E-state index contributed by atoms with van der Waals surface area (Å²) in [5.41, 5.74) is 8.24. The summed E-state index contributed by atoms with van der Waals surface area (Å²) in [7, 11) is 0. The highest BCUT2D eigenvalue weighted by molar-refractivity contribution is 5.86. The molecule has 0 aromatic rings. The number of nitrogens with zero attached hydrogens (tertiary/aromatic N) is 5. The summed E-state index contributed by atoms with van der Waals surface area (Å²) in [6, 6.07) is -0.0285. The standard InChI is InChI=1S/C7H11N5O/c8-9-10-12-4-3-11-2-1-7(13)6(11)5-12/h6H,1-5H2. The van der Waals surface area contributed by atoms with Crippen molar-refractivity contribution in [3.8, 4) is 0 Å². The number of hydrogen-bond acceptors (Lipinski definition) is 3. The molecule has 2 aliphatic rings. The van der Waals surface area contributed by atoms with Crippen molar-refractivity contribution < 1.29 is 4.79 Å². The molecule has 6 nitrogen and oxygen atoms in total. The van der Waals surface area contributed by atoms with Gasteiger partial charge in [0.2, 0.25) is 0 Å². The zero-order valence-electron chi connectivity index (χ0n) is 7.26. The van der Waals surface area contributed by atoms with Crippen molar-refractivity contribution in [1.82, 2.24) is 9.91 Å². The Bertz CT molecular complexity index is 272. The van der Waals surface area contributed by atoms with Gasteiger partial charge in [0, 0.05) is 19.5 Å². The van der Waals surface area contributed by atoms with Crippen molar-refractivity contribution in [2.45, 2.75) is 12.5 Å². The highest BCUT2D eigenvalue weighted by Crippen LogP contribution is 2.18. The van der Waals surface area contributed by atoms with Crippen LogP contribution in [0.1, 0.15) is 6.42 Å². The first kappa shape index (κ1) is 8.34. The molecule has 2 fully saturated rings. The van der Waals surface area contributed by atoms with Crippen LogP contribution in [0, 0.1) is 0 Å². The minimum absolute atomic E-state index is 0.0285. The maximum Gasteiger partial charge on any atom is 0.155 e.